The van der Waals surface area contributed by atoms with E-state index in [0.29, 0.717) is 11.3 Å². The number of hydrogen-bond donors (Lipinski definition) is 1. The molecule has 1 amide bonds. The van der Waals surface area contributed by atoms with Gasteiger partial charge in [-0.15, -0.1) is 0 Å². The fourth-order valence-electron chi connectivity index (χ4n) is 2.72. The van der Waals surface area contributed by atoms with Crippen LogP contribution in [0.2, 0.25) is 0 Å². The molecule has 26 heavy (non-hydrogen) atoms. The van der Waals surface area contributed by atoms with Crippen molar-refractivity contribution in [2.45, 2.75) is 32.7 Å². The second-order valence-electron chi connectivity index (χ2n) is 6.10. The van der Waals surface area contributed by atoms with Crippen molar-refractivity contribution < 1.29 is 19.1 Å². The third-order valence-electron chi connectivity index (χ3n) is 4.02. The van der Waals surface area contributed by atoms with Gasteiger partial charge in [0.2, 0.25) is 0 Å². The molecule has 0 radical (unpaired) electrons. The summed E-state index contributed by atoms with van der Waals surface area (Å²) in [7, 11) is 1.49. The van der Waals surface area contributed by atoms with Crippen LogP contribution in [0.5, 0.6) is 5.75 Å². The predicted octanol–water partition coefficient (Wildman–Crippen LogP) is 3.82. The number of benzene rings is 2. The van der Waals surface area contributed by atoms with Crippen molar-refractivity contribution in [2.75, 3.05) is 13.7 Å². The monoisotopic (exact) mass is 355 g/mol. The van der Waals surface area contributed by atoms with Gasteiger partial charge >= 0.3 is 5.97 Å². The molecule has 138 valence electrons. The quantitative estimate of drug-likeness (QED) is 0.731. The van der Waals surface area contributed by atoms with Crippen LogP contribution < -0.4 is 10.1 Å². The minimum absolute atomic E-state index is 0.0964. The number of methoxy groups -OCH3 is 1. The van der Waals surface area contributed by atoms with Gasteiger partial charge in [0.1, 0.15) is 11.3 Å². The first-order chi connectivity index (χ1) is 12.5. The van der Waals surface area contributed by atoms with Crippen LogP contribution >= 0.6 is 0 Å². The van der Waals surface area contributed by atoms with E-state index in [9.17, 15) is 9.59 Å². The molecule has 5 heteroatoms. The first-order valence-corrected chi connectivity index (χ1v) is 8.71. The van der Waals surface area contributed by atoms with E-state index in [1.54, 1.807) is 12.1 Å². The Hall–Kier alpha value is -2.82. The number of esters is 1. The van der Waals surface area contributed by atoms with Gasteiger partial charge in [0.05, 0.1) is 13.2 Å². The summed E-state index contributed by atoms with van der Waals surface area (Å²) >= 11 is 0. The normalized spacial score (nSPS) is 11.5. The van der Waals surface area contributed by atoms with Gasteiger partial charge < -0.3 is 14.8 Å². The predicted molar refractivity (Wildman–Crippen MR) is 100 cm³/mol. The maximum absolute atomic E-state index is 12.3. The summed E-state index contributed by atoms with van der Waals surface area (Å²) in [5.74, 6) is -0.478. The summed E-state index contributed by atoms with van der Waals surface area (Å²) < 4.78 is 10.4. The molecule has 5 nitrogen and oxygen atoms in total. The van der Waals surface area contributed by atoms with Crippen molar-refractivity contribution in [3.8, 4) is 5.75 Å². The zero-order valence-electron chi connectivity index (χ0n) is 15.5. The molecule has 0 saturated carbocycles. The third-order valence-corrected chi connectivity index (χ3v) is 4.02. The summed E-state index contributed by atoms with van der Waals surface area (Å²) in [6, 6.07) is 14.9. The molecule has 1 atom stereocenters. The molecule has 0 aromatic heterocycles. The van der Waals surface area contributed by atoms with Crippen molar-refractivity contribution in [3.63, 3.8) is 0 Å². The number of hydrogen-bond acceptors (Lipinski definition) is 4. The Labute approximate surface area is 154 Å². The molecule has 0 saturated heterocycles. The highest BCUT2D eigenvalue weighted by atomic mass is 16.5. The number of aryl methyl sites for hydroxylation is 1. The summed E-state index contributed by atoms with van der Waals surface area (Å²) in [4.78, 5) is 24.5. The zero-order chi connectivity index (χ0) is 18.9. The molecule has 0 aliphatic rings. The van der Waals surface area contributed by atoms with Crippen LogP contribution in [-0.2, 0) is 9.53 Å². The molecule has 0 fully saturated rings. The molecule has 2 rings (SSSR count). The smallest absolute Gasteiger partial charge is 0.342 e. The van der Waals surface area contributed by atoms with Crippen molar-refractivity contribution >= 4 is 11.9 Å². The van der Waals surface area contributed by atoms with E-state index in [-0.39, 0.29) is 18.6 Å². The summed E-state index contributed by atoms with van der Waals surface area (Å²) in [5, 5.41) is 2.93. The van der Waals surface area contributed by atoms with Gasteiger partial charge in [-0.25, -0.2) is 4.79 Å². The fraction of sp³-hybridized carbons (Fsp3) is 0.333. The number of nitrogens with one attached hydrogen (secondary N) is 1. The van der Waals surface area contributed by atoms with Gasteiger partial charge in [-0.05, 0) is 31.0 Å². The minimum Gasteiger partial charge on any atom is -0.496 e. The van der Waals surface area contributed by atoms with E-state index in [1.165, 1.54) is 7.11 Å². The van der Waals surface area contributed by atoms with Crippen molar-refractivity contribution in [1.29, 1.82) is 0 Å². The van der Waals surface area contributed by atoms with E-state index in [2.05, 4.69) is 12.2 Å². The van der Waals surface area contributed by atoms with Gasteiger partial charge in [0.15, 0.2) is 6.61 Å². The fourth-order valence-corrected chi connectivity index (χ4v) is 2.72. The molecular weight excluding hydrogens is 330 g/mol. The van der Waals surface area contributed by atoms with Crippen LogP contribution in [0.25, 0.3) is 0 Å². The van der Waals surface area contributed by atoms with E-state index in [1.807, 2.05) is 43.3 Å². The minimum atomic E-state index is -0.576. The standard InChI is InChI=1S/C21H25NO4/c1-4-8-18(16-9-6-5-7-10-16)22-20(23)14-26-21(24)17-13-15(2)11-12-19(17)25-3/h5-7,9-13,18H,4,8,14H2,1-3H3,(H,22,23)/t18-/m0/s1. The number of carbonyl (C=O) groups is 2. The molecule has 0 heterocycles. The van der Waals surface area contributed by atoms with Crippen LogP contribution in [0.15, 0.2) is 48.5 Å². The molecule has 0 aliphatic carbocycles. The van der Waals surface area contributed by atoms with Gasteiger partial charge in [0, 0.05) is 0 Å². The first kappa shape index (κ1) is 19.5. The SMILES string of the molecule is CCC[C@H](NC(=O)COC(=O)c1cc(C)ccc1OC)c1ccccc1. The van der Waals surface area contributed by atoms with Crippen molar-refractivity contribution in [3.05, 3.63) is 65.2 Å². The van der Waals surface area contributed by atoms with Gasteiger partial charge in [-0.2, -0.15) is 0 Å². The van der Waals surface area contributed by atoms with Gasteiger partial charge in [0.25, 0.3) is 5.91 Å². The Balaban J connectivity index is 1.97. The molecule has 0 aliphatic heterocycles. The van der Waals surface area contributed by atoms with E-state index in [4.69, 9.17) is 9.47 Å². The Bertz CT molecular complexity index is 743. The lowest BCUT2D eigenvalue weighted by Crippen LogP contribution is -2.32. The van der Waals surface area contributed by atoms with Gasteiger partial charge in [-0.3, -0.25) is 4.79 Å². The average molecular weight is 355 g/mol. The third kappa shape index (κ3) is 5.34. The number of amides is 1. The average Bonchev–Trinajstić information content (AvgIpc) is 2.66. The molecule has 0 bridgehead atoms. The van der Waals surface area contributed by atoms with Crippen LogP contribution in [0.1, 0.15) is 47.3 Å². The van der Waals surface area contributed by atoms with E-state index in [0.717, 1.165) is 24.0 Å². The topological polar surface area (TPSA) is 64.6 Å². The maximum Gasteiger partial charge on any atom is 0.342 e. The molecule has 2 aromatic rings. The van der Waals surface area contributed by atoms with E-state index >= 15 is 0 Å². The Morgan fingerprint density at radius 3 is 2.50 bits per heavy atom. The summed E-state index contributed by atoms with van der Waals surface area (Å²) in [5.41, 5.74) is 2.26. The van der Waals surface area contributed by atoms with Crippen molar-refractivity contribution in [2.24, 2.45) is 0 Å². The Kier molecular flexibility index (Phi) is 7.21. The molecule has 1 N–H and O–H groups in total. The highest BCUT2D eigenvalue weighted by Gasteiger charge is 2.18. The Morgan fingerprint density at radius 2 is 1.85 bits per heavy atom. The maximum atomic E-state index is 12.3. The summed E-state index contributed by atoms with van der Waals surface area (Å²) in [6.45, 7) is 3.60. The van der Waals surface area contributed by atoms with Crippen LogP contribution in [0.4, 0.5) is 0 Å². The second kappa shape index (κ2) is 9.61. The number of ether oxygens (including phenoxy) is 2. The lowest BCUT2D eigenvalue weighted by molar-refractivity contribution is -0.125. The second-order valence-corrected chi connectivity index (χ2v) is 6.10. The largest absolute Gasteiger partial charge is 0.496 e. The molecular formula is C21H25NO4. The summed E-state index contributed by atoms with van der Waals surface area (Å²) in [6.07, 6.45) is 1.75. The van der Waals surface area contributed by atoms with Crippen molar-refractivity contribution in [1.82, 2.24) is 5.32 Å². The highest BCUT2D eigenvalue weighted by Crippen LogP contribution is 2.21. The number of rotatable bonds is 8. The van der Waals surface area contributed by atoms with E-state index < -0.39 is 5.97 Å². The highest BCUT2D eigenvalue weighted by molar-refractivity contribution is 5.94. The lowest BCUT2D eigenvalue weighted by atomic mass is 10.0. The van der Waals surface area contributed by atoms with Crippen LogP contribution in [-0.4, -0.2) is 25.6 Å². The Morgan fingerprint density at radius 1 is 1.12 bits per heavy atom. The zero-order valence-corrected chi connectivity index (χ0v) is 15.5. The van der Waals surface area contributed by atoms with Crippen LogP contribution in [0.3, 0.4) is 0 Å². The number of carbonyl (C=O) groups excluding carboxylic acids is 2. The molecule has 2 aromatic carbocycles. The van der Waals surface area contributed by atoms with Gasteiger partial charge in [-0.1, -0.05) is 55.3 Å². The molecule has 0 spiro atoms. The molecule has 0 unspecified atom stereocenters. The first-order valence-electron chi connectivity index (χ1n) is 8.71. The van der Waals surface area contributed by atoms with Crippen LogP contribution in [0, 0.1) is 6.92 Å². The lowest BCUT2D eigenvalue weighted by Gasteiger charge is -2.18.